The number of aliphatic hydroxyl groups excluding tert-OH is 2. The summed E-state index contributed by atoms with van der Waals surface area (Å²) in [4.78, 5) is 75.3. The van der Waals surface area contributed by atoms with Gasteiger partial charge in [-0.25, -0.2) is 28.6 Å². The maximum atomic E-state index is 12.6. The maximum Gasteiger partial charge on any atom is 0.481 e. The predicted molar refractivity (Wildman–Crippen MR) is 168 cm³/mol. The lowest BCUT2D eigenvalue weighted by Crippen LogP contribution is -2.60. The Morgan fingerprint density at radius 2 is 1.84 bits per heavy atom. The van der Waals surface area contributed by atoms with Crippen LogP contribution in [0.15, 0.2) is 15.0 Å². The number of aliphatic imine (C=N–C) groups is 3. The van der Waals surface area contributed by atoms with E-state index in [1.165, 1.54) is 13.8 Å². The van der Waals surface area contributed by atoms with Gasteiger partial charge in [0.05, 0.1) is 19.9 Å². The molecule has 0 aromatic carbocycles. The van der Waals surface area contributed by atoms with E-state index in [2.05, 4.69) is 51.6 Å². The number of nitrogens with zero attached hydrogens (tertiary/aromatic N) is 4. The van der Waals surface area contributed by atoms with Gasteiger partial charge in [-0.1, -0.05) is 13.8 Å². The van der Waals surface area contributed by atoms with E-state index in [0.29, 0.717) is 12.3 Å². The molecular weight excluding hydrogens is 747 g/mol. The number of aliphatic hydroxyl groups is 3. The molecule has 24 nitrogen and oxygen atoms in total. The van der Waals surface area contributed by atoms with E-state index >= 15 is 0 Å². The SMILES string of the molecule is CC(C)(COP(=O)(O)OP(=O)(O)OC[C@H]1O[C@@H](N2CN=C3C(N)=NC=NC32O)[C@H](O)[C@@H]1OP(=O)(O)O)[C@@H](O)C(=O)NCCC(=O)NCCS. The van der Waals surface area contributed by atoms with E-state index < -0.39 is 91.2 Å². The van der Waals surface area contributed by atoms with Gasteiger partial charge in [0.15, 0.2) is 5.84 Å². The van der Waals surface area contributed by atoms with E-state index in [1.54, 1.807) is 0 Å². The molecule has 3 unspecified atom stereocenters. The number of nitrogens with two attached hydrogens (primary N) is 1. The zero-order valence-corrected chi connectivity index (χ0v) is 29.4. The average Bonchev–Trinajstić information content (AvgIpc) is 3.48. The summed E-state index contributed by atoms with van der Waals surface area (Å²) in [6.07, 6.45) is -8.57. The number of thiol groups is 1. The van der Waals surface area contributed by atoms with Crippen LogP contribution in [-0.2, 0) is 45.9 Å². The van der Waals surface area contributed by atoms with Crippen LogP contribution in [0.3, 0.4) is 0 Å². The Morgan fingerprint density at radius 3 is 2.47 bits per heavy atom. The molecule has 1 fully saturated rings. The first-order valence-corrected chi connectivity index (χ1v) is 19.2. The van der Waals surface area contributed by atoms with Crippen LogP contribution in [0, 0.1) is 5.41 Å². The van der Waals surface area contributed by atoms with E-state index in [1.807, 2.05) is 0 Å². The number of rotatable bonds is 18. The van der Waals surface area contributed by atoms with Gasteiger partial charge in [-0.15, -0.1) is 0 Å². The van der Waals surface area contributed by atoms with Gasteiger partial charge in [0.25, 0.3) is 5.85 Å². The fourth-order valence-electron chi connectivity index (χ4n) is 4.47. The van der Waals surface area contributed by atoms with Crippen LogP contribution in [0.2, 0.25) is 0 Å². The van der Waals surface area contributed by atoms with Crippen LogP contribution in [0.5, 0.6) is 0 Å². The molecule has 0 saturated carbocycles. The van der Waals surface area contributed by atoms with Gasteiger partial charge < -0.3 is 56.0 Å². The second-order valence-electron chi connectivity index (χ2n) is 11.2. The van der Waals surface area contributed by atoms with Crippen molar-refractivity contribution in [2.45, 2.75) is 56.8 Å². The van der Waals surface area contributed by atoms with Crippen molar-refractivity contribution < 1.29 is 80.8 Å². The molecule has 280 valence electrons. The lowest BCUT2D eigenvalue weighted by atomic mass is 9.87. The largest absolute Gasteiger partial charge is 0.481 e. The first-order chi connectivity index (χ1) is 22.5. The highest BCUT2D eigenvalue weighted by molar-refractivity contribution is 7.80. The number of nitrogens with one attached hydrogen (secondary N) is 2. The molecule has 49 heavy (non-hydrogen) atoms. The summed E-state index contributed by atoms with van der Waals surface area (Å²) in [7, 11) is -16.4. The van der Waals surface area contributed by atoms with Crippen LogP contribution >= 0.6 is 36.1 Å². The molecule has 0 radical (unpaired) electrons. The lowest BCUT2D eigenvalue weighted by Gasteiger charge is -2.36. The van der Waals surface area contributed by atoms with Crippen molar-refractivity contribution >= 4 is 65.8 Å². The van der Waals surface area contributed by atoms with Crippen molar-refractivity contribution in [2.24, 2.45) is 26.1 Å². The van der Waals surface area contributed by atoms with Gasteiger partial charge in [0.1, 0.15) is 42.7 Å². The summed E-state index contributed by atoms with van der Waals surface area (Å²) in [5, 5.41) is 37.2. The number of hydrogen-bond acceptors (Lipinski definition) is 19. The van der Waals surface area contributed by atoms with Crippen LogP contribution < -0.4 is 16.4 Å². The van der Waals surface area contributed by atoms with E-state index in [-0.39, 0.29) is 30.4 Å². The van der Waals surface area contributed by atoms with Crippen LogP contribution in [-0.4, -0.2) is 145 Å². The normalized spacial score (nSPS) is 28.9. The van der Waals surface area contributed by atoms with E-state index in [9.17, 15) is 58.2 Å². The molecule has 1 saturated heterocycles. The first kappa shape index (κ1) is 41.7. The third kappa shape index (κ3) is 11.1. The molecule has 8 atom stereocenters. The Balaban J connectivity index is 1.59. The molecule has 11 N–H and O–H groups in total. The third-order valence-electron chi connectivity index (χ3n) is 6.93. The van der Waals surface area contributed by atoms with Crippen molar-refractivity contribution in [3.8, 4) is 0 Å². The topological polar surface area (TPSA) is 364 Å². The minimum atomic E-state index is -5.59. The van der Waals surface area contributed by atoms with Crippen LogP contribution in [0.4, 0.5) is 0 Å². The molecule has 0 bridgehead atoms. The number of amidine groups is 1. The van der Waals surface area contributed by atoms with Crippen molar-refractivity contribution in [3.63, 3.8) is 0 Å². The van der Waals surface area contributed by atoms with E-state index in [0.717, 1.165) is 11.2 Å². The third-order valence-corrected chi connectivity index (χ3v) is 10.3. The molecular formula is C21H38N7O17P3S. The van der Waals surface area contributed by atoms with E-state index in [4.69, 9.17) is 15.0 Å². The quantitative estimate of drug-likeness (QED) is 0.0474. The highest BCUT2D eigenvalue weighted by atomic mass is 32.1. The minimum absolute atomic E-state index is 0.110. The minimum Gasteiger partial charge on any atom is -0.386 e. The van der Waals surface area contributed by atoms with Gasteiger partial charge in [-0.05, 0) is 0 Å². The molecule has 0 aromatic heterocycles. The molecule has 3 aliphatic heterocycles. The maximum absolute atomic E-state index is 12.6. The van der Waals surface area contributed by atoms with Gasteiger partial charge in [0, 0.05) is 30.7 Å². The second kappa shape index (κ2) is 16.3. The van der Waals surface area contributed by atoms with Gasteiger partial charge in [-0.2, -0.15) is 16.9 Å². The smallest absolute Gasteiger partial charge is 0.386 e. The molecule has 0 aromatic rings. The number of carbonyl (C=O) groups excluding carboxylic acids is 2. The summed E-state index contributed by atoms with van der Waals surface area (Å²) >= 11 is 3.95. The molecule has 3 rings (SSSR count). The Labute approximate surface area is 283 Å². The number of phosphoric acid groups is 3. The van der Waals surface area contributed by atoms with Crippen molar-refractivity contribution in [1.29, 1.82) is 0 Å². The zero-order chi connectivity index (χ0) is 37.0. The fraction of sp³-hybridized carbons (Fsp3) is 0.762. The molecule has 2 amide bonds. The number of carbonyl (C=O) groups is 2. The molecule has 0 aliphatic carbocycles. The first-order valence-electron chi connectivity index (χ1n) is 14.0. The summed E-state index contributed by atoms with van der Waals surface area (Å²) in [5.41, 5.74) is 3.89. The van der Waals surface area contributed by atoms with Crippen molar-refractivity contribution in [3.05, 3.63) is 0 Å². The van der Waals surface area contributed by atoms with Crippen molar-refractivity contribution in [2.75, 3.05) is 38.7 Å². The fourth-order valence-corrected chi connectivity index (χ4v) is 7.41. The standard InChI is InChI=1S/C21H38N7O17P3S/c1-20(2,16(31)18(32)24-4-3-12(29)23-5-6-49)8-42-48(39,40)45-47(37,38)41-7-11-14(44-46(34,35)36)13(30)19(43-11)28-10-26-15-17(22)25-9-27-21(15,28)33/h9,11,13-14,16,19,30-31,33,49H,3-8,10H2,1-2H3,(H,23,29)(H,24,32)(H,37,38)(H,39,40)(H2,22,25,27)(H2,34,35,36)/t11-,13-,14-,16+,19-,21?/m1/s1. The van der Waals surface area contributed by atoms with Gasteiger partial charge >= 0.3 is 23.5 Å². The summed E-state index contributed by atoms with van der Waals surface area (Å²) < 4.78 is 60.5. The number of amides is 2. The molecule has 3 aliphatic rings. The number of ether oxygens (including phenoxy) is 1. The zero-order valence-electron chi connectivity index (χ0n) is 25.8. The van der Waals surface area contributed by atoms with Crippen molar-refractivity contribution in [1.82, 2.24) is 15.5 Å². The highest BCUT2D eigenvalue weighted by Gasteiger charge is 2.58. The monoisotopic (exact) mass is 785 g/mol. The Bertz CT molecular complexity index is 1480. The number of fused-ring (bicyclic) bond motifs is 1. The second-order valence-corrected chi connectivity index (χ2v) is 15.9. The predicted octanol–water partition coefficient (Wildman–Crippen LogP) is -3.50. The van der Waals surface area contributed by atoms with Gasteiger partial charge in [-0.3, -0.25) is 28.2 Å². The Kier molecular flexibility index (Phi) is 13.9. The Morgan fingerprint density at radius 1 is 1.18 bits per heavy atom. The summed E-state index contributed by atoms with van der Waals surface area (Å²) in [6.45, 7) is 0.167. The number of hydrogen-bond donors (Lipinski definition) is 11. The summed E-state index contributed by atoms with van der Waals surface area (Å²) in [5.74, 6) is -3.50. The Hall–Kier alpha value is -1.73. The number of phosphoric ester groups is 3. The summed E-state index contributed by atoms with van der Waals surface area (Å²) in [6, 6.07) is 0. The van der Waals surface area contributed by atoms with Crippen LogP contribution in [0.25, 0.3) is 0 Å². The molecule has 28 heteroatoms. The molecule has 0 spiro atoms. The van der Waals surface area contributed by atoms with Crippen LogP contribution in [0.1, 0.15) is 20.3 Å². The van der Waals surface area contributed by atoms with Gasteiger partial charge in [0.2, 0.25) is 11.8 Å². The molecule has 3 heterocycles. The average molecular weight is 786 g/mol. The highest BCUT2D eigenvalue weighted by Crippen LogP contribution is 2.61. The lowest BCUT2D eigenvalue weighted by molar-refractivity contribution is -0.165.